The second-order valence-electron chi connectivity index (χ2n) is 3.80. The summed E-state index contributed by atoms with van der Waals surface area (Å²) in [5.41, 5.74) is 1.30. The van der Waals surface area contributed by atoms with Gasteiger partial charge in [0.15, 0.2) is 0 Å². The van der Waals surface area contributed by atoms with Crippen molar-refractivity contribution < 1.29 is 7.48 Å². The van der Waals surface area contributed by atoms with Gasteiger partial charge in [-0.25, -0.2) is 9.97 Å². The van der Waals surface area contributed by atoms with E-state index in [1.807, 2.05) is 4.90 Å². The van der Waals surface area contributed by atoms with Crippen molar-refractivity contribution in [3.63, 3.8) is 0 Å². The highest BCUT2D eigenvalue weighted by molar-refractivity contribution is 6.34. The highest BCUT2D eigenvalue weighted by atomic mass is 35.5. The molecule has 4 nitrogen and oxygen atoms in total. The van der Waals surface area contributed by atoms with Crippen molar-refractivity contribution >= 4 is 28.2 Å². The zero-order valence-corrected chi connectivity index (χ0v) is 9.87. The van der Waals surface area contributed by atoms with Crippen LogP contribution in [0.3, 0.4) is 0 Å². The molecule has 1 aliphatic rings. The average molecular weight is 252 g/mol. The smallest absolute Gasteiger partial charge is 0.140 e. The van der Waals surface area contributed by atoms with Gasteiger partial charge in [-0.2, -0.15) is 0 Å². The van der Waals surface area contributed by atoms with Gasteiger partial charge < -0.3 is 9.64 Å². The third-order valence-electron chi connectivity index (χ3n) is 2.77. The zero-order chi connectivity index (χ0) is 13.4. The van der Waals surface area contributed by atoms with E-state index in [1.54, 1.807) is 6.07 Å². The second-order valence-corrected chi connectivity index (χ2v) is 4.16. The maximum absolute atomic E-state index is 8.13. The largest absolute Gasteiger partial charge is 0.378 e. The highest BCUT2D eigenvalue weighted by Crippen LogP contribution is 2.24. The minimum Gasteiger partial charge on any atom is -0.378 e. The Hall–Kier alpha value is -1.39. The van der Waals surface area contributed by atoms with E-state index in [9.17, 15) is 0 Å². The van der Waals surface area contributed by atoms with Crippen molar-refractivity contribution in [3.05, 3.63) is 29.6 Å². The summed E-state index contributed by atoms with van der Waals surface area (Å²) >= 11 is 5.98. The predicted molar refractivity (Wildman–Crippen MR) is 67.6 cm³/mol. The number of fused-ring (bicyclic) bond motifs is 1. The van der Waals surface area contributed by atoms with Crippen molar-refractivity contribution in [1.29, 1.82) is 0 Å². The van der Waals surface area contributed by atoms with Crippen LogP contribution in [-0.4, -0.2) is 36.3 Å². The van der Waals surface area contributed by atoms with Gasteiger partial charge in [-0.15, -0.1) is 0 Å². The molecule has 5 heteroatoms. The van der Waals surface area contributed by atoms with Crippen molar-refractivity contribution in [2.45, 2.75) is 0 Å². The maximum atomic E-state index is 8.13. The molecule has 88 valence electrons. The topological polar surface area (TPSA) is 38.2 Å². The standard InChI is InChI=1S/C12H12ClN3O/c13-12-10-2-1-9(7-11(10)14-8-15-12)16-3-5-17-6-4-16/h1-2,7-8H,3-6H2/i1D,2D. The number of hydrogen-bond donors (Lipinski definition) is 0. The third kappa shape index (κ3) is 2.06. The Morgan fingerprint density at radius 3 is 2.94 bits per heavy atom. The fourth-order valence-electron chi connectivity index (χ4n) is 1.87. The van der Waals surface area contributed by atoms with E-state index in [2.05, 4.69) is 9.97 Å². The summed E-state index contributed by atoms with van der Waals surface area (Å²) in [6.45, 7) is 2.70. The molecule has 1 aliphatic heterocycles. The first-order valence-electron chi connectivity index (χ1n) is 6.41. The highest BCUT2D eigenvalue weighted by Gasteiger charge is 2.12. The molecular weight excluding hydrogens is 238 g/mol. The van der Waals surface area contributed by atoms with Crippen LogP contribution in [0.5, 0.6) is 0 Å². The van der Waals surface area contributed by atoms with Gasteiger partial charge in [0.1, 0.15) is 11.5 Å². The van der Waals surface area contributed by atoms with Crippen LogP contribution in [0.1, 0.15) is 2.74 Å². The molecule has 0 saturated carbocycles. The molecule has 1 saturated heterocycles. The fraction of sp³-hybridized carbons (Fsp3) is 0.333. The summed E-state index contributed by atoms with van der Waals surface area (Å²) in [7, 11) is 0. The number of hydrogen-bond acceptors (Lipinski definition) is 4. The molecule has 0 N–H and O–H groups in total. The summed E-state index contributed by atoms with van der Waals surface area (Å²) in [4.78, 5) is 10.1. The van der Waals surface area contributed by atoms with Crippen LogP contribution in [0.25, 0.3) is 10.9 Å². The summed E-state index contributed by atoms with van der Waals surface area (Å²) < 4.78 is 21.5. The summed E-state index contributed by atoms with van der Waals surface area (Å²) in [6.07, 6.45) is 1.37. The van der Waals surface area contributed by atoms with E-state index in [0.717, 1.165) is 13.1 Å². The SMILES string of the molecule is [2H]c1c(N2CCOCC2)cc2ncnc(Cl)c2c1[2H]. The second kappa shape index (κ2) is 4.47. The van der Waals surface area contributed by atoms with Gasteiger partial charge in [-0.3, -0.25) is 0 Å². The van der Waals surface area contributed by atoms with Gasteiger partial charge in [-0.05, 0) is 18.2 Å². The van der Waals surface area contributed by atoms with Gasteiger partial charge >= 0.3 is 0 Å². The first-order chi connectivity index (χ1) is 9.18. The first-order valence-corrected chi connectivity index (χ1v) is 5.79. The van der Waals surface area contributed by atoms with E-state index in [4.69, 9.17) is 19.1 Å². The molecule has 3 rings (SSSR count). The van der Waals surface area contributed by atoms with Crippen LogP contribution in [-0.2, 0) is 4.74 Å². The minimum atomic E-state index is 0.0737. The molecule has 1 fully saturated rings. The van der Waals surface area contributed by atoms with E-state index in [-0.39, 0.29) is 17.2 Å². The molecule has 1 aromatic carbocycles. The lowest BCUT2D eigenvalue weighted by molar-refractivity contribution is 0.122. The molecule has 0 aliphatic carbocycles. The lowest BCUT2D eigenvalue weighted by Gasteiger charge is -2.28. The molecule has 0 spiro atoms. The van der Waals surface area contributed by atoms with E-state index in [0.29, 0.717) is 29.8 Å². The molecule has 17 heavy (non-hydrogen) atoms. The summed E-state index contributed by atoms with van der Waals surface area (Å²) in [5, 5.41) is 0.656. The van der Waals surface area contributed by atoms with Crippen LogP contribution < -0.4 is 4.90 Å². The lowest BCUT2D eigenvalue weighted by Crippen LogP contribution is -2.36. The van der Waals surface area contributed by atoms with Crippen LogP contribution in [0, 0.1) is 0 Å². The molecule has 0 amide bonds. The number of morpholine rings is 1. The molecule has 0 unspecified atom stereocenters. The quantitative estimate of drug-likeness (QED) is 0.728. The number of nitrogens with zero attached hydrogens (tertiary/aromatic N) is 3. The van der Waals surface area contributed by atoms with Crippen molar-refractivity contribution in [3.8, 4) is 0 Å². The minimum absolute atomic E-state index is 0.0737. The van der Waals surface area contributed by atoms with Gasteiger partial charge in [0, 0.05) is 24.2 Å². The first kappa shape index (κ1) is 8.66. The molecule has 1 aromatic heterocycles. The van der Waals surface area contributed by atoms with Gasteiger partial charge in [0.2, 0.25) is 0 Å². The van der Waals surface area contributed by atoms with Crippen LogP contribution >= 0.6 is 11.6 Å². The van der Waals surface area contributed by atoms with Crippen LogP contribution in [0.4, 0.5) is 5.69 Å². The molecule has 2 heterocycles. The van der Waals surface area contributed by atoms with Gasteiger partial charge in [0.05, 0.1) is 21.5 Å². The molecule has 2 aromatic rings. The molecule has 0 bridgehead atoms. The van der Waals surface area contributed by atoms with E-state index in [1.165, 1.54) is 6.33 Å². The summed E-state index contributed by atoms with van der Waals surface area (Å²) in [5.74, 6) is 0. The normalized spacial score (nSPS) is 18.1. The maximum Gasteiger partial charge on any atom is 0.140 e. The Labute approximate surface area is 107 Å². The Morgan fingerprint density at radius 2 is 2.12 bits per heavy atom. The van der Waals surface area contributed by atoms with Crippen LogP contribution in [0.15, 0.2) is 24.5 Å². The van der Waals surface area contributed by atoms with Crippen LogP contribution in [0.2, 0.25) is 5.15 Å². The molecular formula is C12H12ClN3O. The van der Waals surface area contributed by atoms with Crippen molar-refractivity contribution in [2.75, 3.05) is 31.2 Å². The number of aromatic nitrogens is 2. The Morgan fingerprint density at radius 1 is 1.29 bits per heavy atom. The predicted octanol–water partition coefficient (Wildman–Crippen LogP) is 2.12. The average Bonchev–Trinajstić information content (AvgIpc) is 2.43. The van der Waals surface area contributed by atoms with Crippen molar-refractivity contribution in [2.24, 2.45) is 0 Å². The van der Waals surface area contributed by atoms with Gasteiger partial charge in [0.25, 0.3) is 0 Å². The number of rotatable bonds is 1. The van der Waals surface area contributed by atoms with E-state index >= 15 is 0 Å². The third-order valence-corrected chi connectivity index (χ3v) is 3.06. The van der Waals surface area contributed by atoms with Gasteiger partial charge in [-0.1, -0.05) is 11.6 Å². The number of anilines is 1. The Bertz CT molecular complexity index is 632. The number of benzene rings is 1. The Kier molecular flexibility index (Phi) is 2.28. The molecule has 0 radical (unpaired) electrons. The number of halogens is 1. The Balaban J connectivity index is 2.18. The lowest BCUT2D eigenvalue weighted by atomic mass is 10.2. The fourth-order valence-corrected chi connectivity index (χ4v) is 2.06. The molecule has 0 atom stereocenters. The monoisotopic (exact) mass is 251 g/mol. The van der Waals surface area contributed by atoms with E-state index < -0.39 is 0 Å². The number of ether oxygens (including phenoxy) is 1. The zero-order valence-electron chi connectivity index (χ0n) is 11.1. The summed E-state index contributed by atoms with van der Waals surface area (Å²) in [6, 6.07) is 2.03. The van der Waals surface area contributed by atoms with Crippen molar-refractivity contribution in [1.82, 2.24) is 9.97 Å².